The number of hydrogen-bond acceptors (Lipinski definition) is 4. The van der Waals surface area contributed by atoms with Crippen molar-refractivity contribution >= 4 is 60.8 Å². The molecule has 0 radical (unpaired) electrons. The van der Waals surface area contributed by atoms with E-state index >= 15 is 0 Å². The molecule has 0 aliphatic rings. The predicted molar refractivity (Wildman–Crippen MR) is 86.3 cm³/mol. The van der Waals surface area contributed by atoms with Gasteiger partial charge in [0.25, 0.3) is 0 Å². The standard InChI is InChI=1S/C12H11Br2ClN4/c1-2-16-11-10(14)12(18-6-17-11)19-9-4-3-7(13)5-8(9)15/h3-6H,2H2,1H3,(H2,16,17,18,19). The second-order valence-electron chi connectivity index (χ2n) is 3.66. The number of benzene rings is 1. The maximum absolute atomic E-state index is 6.17. The van der Waals surface area contributed by atoms with E-state index in [1.807, 2.05) is 25.1 Å². The third-order valence-corrected chi connectivity index (χ3v) is 3.88. The molecule has 1 heterocycles. The van der Waals surface area contributed by atoms with Crippen LogP contribution in [0.2, 0.25) is 5.02 Å². The molecule has 0 saturated heterocycles. The molecular formula is C12H11Br2ClN4. The lowest BCUT2D eigenvalue weighted by Gasteiger charge is -2.12. The quantitative estimate of drug-likeness (QED) is 0.764. The molecular weight excluding hydrogens is 395 g/mol. The molecule has 0 fully saturated rings. The van der Waals surface area contributed by atoms with Gasteiger partial charge in [-0.25, -0.2) is 9.97 Å². The summed E-state index contributed by atoms with van der Waals surface area (Å²) in [6.45, 7) is 2.79. The fourth-order valence-electron chi connectivity index (χ4n) is 1.47. The fraction of sp³-hybridized carbons (Fsp3) is 0.167. The normalized spacial score (nSPS) is 10.3. The van der Waals surface area contributed by atoms with E-state index in [4.69, 9.17) is 11.6 Å². The van der Waals surface area contributed by atoms with Crippen LogP contribution >= 0.6 is 43.5 Å². The van der Waals surface area contributed by atoms with Gasteiger partial charge in [-0.3, -0.25) is 0 Å². The van der Waals surface area contributed by atoms with Crippen molar-refractivity contribution in [2.24, 2.45) is 0 Å². The second kappa shape index (κ2) is 6.54. The summed E-state index contributed by atoms with van der Waals surface area (Å²) in [5.41, 5.74) is 0.784. The van der Waals surface area contributed by atoms with Gasteiger partial charge in [0.05, 0.1) is 10.7 Å². The lowest BCUT2D eigenvalue weighted by atomic mass is 10.3. The monoisotopic (exact) mass is 404 g/mol. The summed E-state index contributed by atoms with van der Waals surface area (Å²) < 4.78 is 1.70. The van der Waals surface area contributed by atoms with Crippen LogP contribution in [0.4, 0.5) is 17.3 Å². The zero-order valence-corrected chi connectivity index (χ0v) is 14.0. The summed E-state index contributed by atoms with van der Waals surface area (Å²) in [5, 5.41) is 6.94. The number of halogens is 3. The molecule has 100 valence electrons. The van der Waals surface area contributed by atoms with Crippen molar-refractivity contribution in [2.75, 3.05) is 17.2 Å². The zero-order valence-electron chi connectivity index (χ0n) is 10.0. The Balaban J connectivity index is 2.30. The molecule has 7 heteroatoms. The highest BCUT2D eigenvalue weighted by Crippen LogP contribution is 2.32. The number of aromatic nitrogens is 2. The zero-order chi connectivity index (χ0) is 13.8. The van der Waals surface area contributed by atoms with Gasteiger partial charge in [-0.2, -0.15) is 0 Å². The fourth-order valence-corrected chi connectivity index (χ4v) is 2.63. The third-order valence-electron chi connectivity index (χ3n) is 2.32. The molecule has 0 spiro atoms. The average Bonchev–Trinajstić information content (AvgIpc) is 2.37. The van der Waals surface area contributed by atoms with E-state index < -0.39 is 0 Å². The lowest BCUT2D eigenvalue weighted by Crippen LogP contribution is -2.03. The first-order valence-electron chi connectivity index (χ1n) is 5.58. The largest absolute Gasteiger partial charge is 0.369 e. The lowest BCUT2D eigenvalue weighted by molar-refractivity contribution is 1.10. The van der Waals surface area contributed by atoms with Crippen molar-refractivity contribution in [3.8, 4) is 0 Å². The number of nitrogens with one attached hydrogen (secondary N) is 2. The predicted octanol–water partition coefficient (Wildman–Crippen LogP) is 4.83. The Morgan fingerprint density at radius 3 is 2.63 bits per heavy atom. The van der Waals surface area contributed by atoms with Crippen LogP contribution in [0.1, 0.15) is 6.92 Å². The molecule has 0 amide bonds. The highest BCUT2D eigenvalue weighted by atomic mass is 79.9. The van der Waals surface area contributed by atoms with E-state index in [0.717, 1.165) is 27.0 Å². The molecule has 2 aromatic rings. The topological polar surface area (TPSA) is 49.8 Å². The highest BCUT2D eigenvalue weighted by molar-refractivity contribution is 9.11. The number of hydrogen-bond donors (Lipinski definition) is 2. The van der Waals surface area contributed by atoms with Gasteiger partial charge in [0.2, 0.25) is 0 Å². The number of anilines is 3. The molecule has 0 atom stereocenters. The Morgan fingerprint density at radius 2 is 1.95 bits per heavy atom. The summed E-state index contributed by atoms with van der Waals surface area (Å²) in [6, 6.07) is 5.62. The Hall–Kier alpha value is -0.850. The van der Waals surface area contributed by atoms with E-state index in [1.165, 1.54) is 6.33 Å². The molecule has 0 aliphatic heterocycles. The molecule has 0 saturated carbocycles. The van der Waals surface area contributed by atoms with E-state index in [9.17, 15) is 0 Å². The van der Waals surface area contributed by atoms with E-state index in [1.54, 1.807) is 0 Å². The molecule has 2 rings (SSSR count). The summed E-state index contributed by atoms with van der Waals surface area (Å²) in [6.07, 6.45) is 1.50. The van der Waals surface area contributed by atoms with Crippen LogP contribution in [-0.2, 0) is 0 Å². The highest BCUT2D eigenvalue weighted by Gasteiger charge is 2.09. The first-order valence-corrected chi connectivity index (χ1v) is 7.54. The van der Waals surface area contributed by atoms with Gasteiger partial charge in [-0.1, -0.05) is 27.5 Å². The third kappa shape index (κ3) is 3.58. The van der Waals surface area contributed by atoms with Crippen LogP contribution in [0.5, 0.6) is 0 Å². The van der Waals surface area contributed by atoms with Gasteiger partial charge in [0, 0.05) is 11.0 Å². The van der Waals surface area contributed by atoms with E-state index in [-0.39, 0.29) is 0 Å². The SMILES string of the molecule is CCNc1ncnc(Nc2ccc(Br)cc2Cl)c1Br. The molecule has 0 aliphatic carbocycles. The van der Waals surface area contributed by atoms with Crippen LogP contribution in [0, 0.1) is 0 Å². The van der Waals surface area contributed by atoms with Crippen molar-refractivity contribution in [1.29, 1.82) is 0 Å². The van der Waals surface area contributed by atoms with Crippen molar-refractivity contribution in [2.45, 2.75) is 6.92 Å². The van der Waals surface area contributed by atoms with Crippen LogP contribution in [0.3, 0.4) is 0 Å². The Labute approximate surface area is 133 Å². The minimum atomic E-state index is 0.616. The van der Waals surface area contributed by atoms with E-state index in [0.29, 0.717) is 10.8 Å². The van der Waals surface area contributed by atoms with Crippen molar-refractivity contribution in [3.05, 3.63) is 38.5 Å². The van der Waals surface area contributed by atoms with Crippen molar-refractivity contribution in [3.63, 3.8) is 0 Å². The molecule has 1 aromatic heterocycles. The molecule has 4 nitrogen and oxygen atoms in total. The van der Waals surface area contributed by atoms with Gasteiger partial charge in [-0.05, 0) is 41.1 Å². The van der Waals surface area contributed by atoms with Gasteiger partial charge in [0.1, 0.15) is 22.4 Å². The Kier molecular flexibility index (Phi) is 5.01. The molecule has 19 heavy (non-hydrogen) atoms. The number of rotatable bonds is 4. The minimum absolute atomic E-state index is 0.616. The maximum Gasteiger partial charge on any atom is 0.150 e. The Morgan fingerprint density at radius 1 is 1.21 bits per heavy atom. The van der Waals surface area contributed by atoms with Gasteiger partial charge >= 0.3 is 0 Å². The van der Waals surface area contributed by atoms with Crippen LogP contribution in [0.15, 0.2) is 33.5 Å². The smallest absolute Gasteiger partial charge is 0.150 e. The summed E-state index contributed by atoms with van der Waals surface area (Å²) in [5.74, 6) is 1.41. The molecule has 0 unspecified atom stereocenters. The average molecular weight is 407 g/mol. The molecule has 0 bridgehead atoms. The summed E-state index contributed by atoms with van der Waals surface area (Å²) in [7, 11) is 0. The van der Waals surface area contributed by atoms with Crippen LogP contribution in [0.25, 0.3) is 0 Å². The van der Waals surface area contributed by atoms with Crippen LogP contribution in [-0.4, -0.2) is 16.5 Å². The summed E-state index contributed by atoms with van der Waals surface area (Å²) >= 11 is 13.0. The van der Waals surface area contributed by atoms with Gasteiger partial charge < -0.3 is 10.6 Å². The van der Waals surface area contributed by atoms with Crippen molar-refractivity contribution in [1.82, 2.24) is 9.97 Å². The van der Waals surface area contributed by atoms with Gasteiger partial charge in [0.15, 0.2) is 0 Å². The van der Waals surface area contributed by atoms with Crippen LogP contribution < -0.4 is 10.6 Å². The molecule has 2 N–H and O–H groups in total. The maximum atomic E-state index is 6.17. The summed E-state index contributed by atoms with van der Waals surface area (Å²) in [4.78, 5) is 8.36. The first kappa shape index (κ1) is 14.6. The van der Waals surface area contributed by atoms with E-state index in [2.05, 4.69) is 52.5 Å². The minimum Gasteiger partial charge on any atom is -0.369 e. The van der Waals surface area contributed by atoms with Crippen molar-refractivity contribution < 1.29 is 0 Å². The second-order valence-corrected chi connectivity index (χ2v) is 5.78. The molecule has 1 aromatic carbocycles. The first-order chi connectivity index (χ1) is 9.11. The number of nitrogens with zero attached hydrogens (tertiary/aromatic N) is 2. The Bertz CT molecular complexity index is 592. The van der Waals surface area contributed by atoms with Gasteiger partial charge in [-0.15, -0.1) is 0 Å².